The van der Waals surface area contributed by atoms with E-state index in [1.54, 1.807) is 0 Å². The molecule has 2 N–H and O–H groups in total. The van der Waals surface area contributed by atoms with E-state index in [0.29, 0.717) is 18.2 Å². The third-order valence-corrected chi connectivity index (χ3v) is 5.46. The molecule has 0 unspecified atom stereocenters. The number of piperazine rings is 1. The maximum Gasteiger partial charge on any atom is 0.251 e. The first kappa shape index (κ1) is 17.2. The average Bonchev–Trinajstić information content (AvgIpc) is 3.40. The fraction of sp³-hybridized carbons (Fsp3) is 0.632. The van der Waals surface area contributed by atoms with Crippen molar-refractivity contribution in [2.45, 2.75) is 32.7 Å². The van der Waals surface area contributed by atoms with Crippen LogP contribution in [0.25, 0.3) is 0 Å². The summed E-state index contributed by atoms with van der Waals surface area (Å²) in [5.41, 5.74) is 1.82. The molecule has 0 atom stereocenters. The van der Waals surface area contributed by atoms with E-state index in [2.05, 4.69) is 29.0 Å². The highest BCUT2D eigenvalue weighted by Crippen LogP contribution is 2.44. The van der Waals surface area contributed by atoms with Gasteiger partial charge >= 0.3 is 0 Å². The summed E-state index contributed by atoms with van der Waals surface area (Å²) in [6.45, 7) is 9.45. The molecule has 2 aliphatic rings. The molecule has 0 radical (unpaired) electrons. The summed E-state index contributed by atoms with van der Waals surface area (Å²) in [4.78, 5) is 17.1. The topological polar surface area (TPSA) is 55.8 Å². The van der Waals surface area contributed by atoms with Gasteiger partial charge in [-0.25, -0.2) is 0 Å². The lowest BCUT2D eigenvalue weighted by Gasteiger charge is -2.38. The van der Waals surface area contributed by atoms with Crippen molar-refractivity contribution in [3.63, 3.8) is 0 Å². The lowest BCUT2D eigenvalue weighted by Crippen LogP contribution is -2.48. The van der Waals surface area contributed by atoms with Gasteiger partial charge in [-0.15, -0.1) is 0 Å². The Morgan fingerprint density at radius 2 is 1.79 bits per heavy atom. The number of nitrogens with one attached hydrogen (secondary N) is 1. The van der Waals surface area contributed by atoms with Crippen LogP contribution in [0.15, 0.2) is 24.3 Å². The van der Waals surface area contributed by atoms with Gasteiger partial charge in [0, 0.05) is 55.4 Å². The van der Waals surface area contributed by atoms with Crippen LogP contribution in [-0.2, 0) is 0 Å². The Morgan fingerprint density at radius 3 is 2.29 bits per heavy atom. The first-order valence-electron chi connectivity index (χ1n) is 9.01. The summed E-state index contributed by atoms with van der Waals surface area (Å²) in [6, 6.07) is 8.49. The number of aliphatic hydroxyl groups excluding tert-OH is 1. The van der Waals surface area contributed by atoms with Gasteiger partial charge in [-0.1, -0.05) is 0 Å². The van der Waals surface area contributed by atoms with Gasteiger partial charge in [0.25, 0.3) is 5.91 Å². The zero-order chi connectivity index (χ0) is 17.2. The van der Waals surface area contributed by atoms with Gasteiger partial charge < -0.3 is 15.3 Å². The summed E-state index contributed by atoms with van der Waals surface area (Å²) in [6.07, 6.45) is 2.01. The molecule has 0 aromatic heterocycles. The van der Waals surface area contributed by atoms with Gasteiger partial charge in [0.05, 0.1) is 6.61 Å². The van der Waals surface area contributed by atoms with Crippen molar-refractivity contribution in [2.24, 2.45) is 5.41 Å². The number of rotatable bonds is 6. The first-order valence-corrected chi connectivity index (χ1v) is 9.01. The molecule has 24 heavy (non-hydrogen) atoms. The fourth-order valence-corrected chi connectivity index (χ4v) is 3.26. The van der Waals surface area contributed by atoms with Gasteiger partial charge in [-0.05, 0) is 51.0 Å². The number of anilines is 1. The standard InChI is InChI=1S/C19H29N3O2/c1-15(2)21-9-11-22(12-10-21)17-5-3-16(4-6-17)18(24)20-13-19(14-23)7-8-19/h3-6,15,23H,7-14H2,1-2H3,(H,20,24). The Morgan fingerprint density at radius 1 is 1.17 bits per heavy atom. The molecule has 5 heteroatoms. The largest absolute Gasteiger partial charge is 0.396 e. The number of carbonyl (C=O) groups is 1. The second-order valence-electron chi connectivity index (χ2n) is 7.50. The summed E-state index contributed by atoms with van der Waals surface area (Å²) in [7, 11) is 0. The molecule has 132 valence electrons. The average molecular weight is 331 g/mol. The van der Waals surface area contributed by atoms with Crippen molar-refractivity contribution in [3.05, 3.63) is 29.8 Å². The number of benzene rings is 1. The molecule has 1 saturated heterocycles. The Hall–Kier alpha value is -1.59. The van der Waals surface area contributed by atoms with E-state index >= 15 is 0 Å². The molecule has 1 aromatic carbocycles. The van der Waals surface area contributed by atoms with Crippen LogP contribution in [0.5, 0.6) is 0 Å². The van der Waals surface area contributed by atoms with Crippen LogP contribution in [-0.4, -0.2) is 61.3 Å². The van der Waals surface area contributed by atoms with Crippen molar-refractivity contribution in [1.29, 1.82) is 0 Å². The molecule has 0 spiro atoms. The Labute approximate surface area is 144 Å². The number of nitrogens with zero attached hydrogens (tertiary/aromatic N) is 2. The predicted octanol–water partition coefficient (Wildman–Crippen LogP) is 1.72. The second kappa shape index (κ2) is 7.11. The van der Waals surface area contributed by atoms with E-state index < -0.39 is 0 Å². The molecule has 3 rings (SSSR count). The quantitative estimate of drug-likeness (QED) is 0.833. The molecule has 1 aromatic rings. The smallest absolute Gasteiger partial charge is 0.251 e. The molecule has 0 bridgehead atoms. The molecule has 1 saturated carbocycles. The van der Waals surface area contributed by atoms with Gasteiger partial charge in [-0.2, -0.15) is 0 Å². The van der Waals surface area contributed by atoms with Crippen molar-refractivity contribution < 1.29 is 9.90 Å². The minimum atomic E-state index is -0.0501. The number of hydrogen-bond donors (Lipinski definition) is 2. The molecule has 1 aliphatic heterocycles. The van der Waals surface area contributed by atoms with E-state index in [4.69, 9.17) is 0 Å². The minimum Gasteiger partial charge on any atom is -0.396 e. The van der Waals surface area contributed by atoms with Crippen LogP contribution in [0.1, 0.15) is 37.0 Å². The number of amides is 1. The highest BCUT2D eigenvalue weighted by Gasteiger charge is 2.42. The number of carbonyl (C=O) groups excluding carboxylic acids is 1. The van der Waals surface area contributed by atoms with E-state index in [9.17, 15) is 9.90 Å². The minimum absolute atomic E-state index is 0.0499. The number of aliphatic hydroxyl groups is 1. The van der Waals surface area contributed by atoms with E-state index in [0.717, 1.165) is 39.0 Å². The summed E-state index contributed by atoms with van der Waals surface area (Å²) in [5.74, 6) is -0.0501. The van der Waals surface area contributed by atoms with Crippen LogP contribution in [0.2, 0.25) is 0 Å². The first-order chi connectivity index (χ1) is 11.5. The lowest BCUT2D eigenvalue weighted by atomic mass is 10.1. The predicted molar refractivity (Wildman–Crippen MR) is 96.5 cm³/mol. The van der Waals surface area contributed by atoms with Crippen LogP contribution in [0, 0.1) is 5.41 Å². The molecule has 1 aliphatic carbocycles. The maximum atomic E-state index is 12.2. The third-order valence-electron chi connectivity index (χ3n) is 5.46. The zero-order valence-electron chi connectivity index (χ0n) is 14.8. The van der Waals surface area contributed by atoms with Gasteiger partial charge in [0.2, 0.25) is 0 Å². The summed E-state index contributed by atoms with van der Waals surface area (Å²) in [5, 5.41) is 12.3. The fourth-order valence-electron chi connectivity index (χ4n) is 3.26. The van der Waals surface area contributed by atoms with Crippen LogP contribution in [0.4, 0.5) is 5.69 Å². The molecule has 5 nitrogen and oxygen atoms in total. The third kappa shape index (κ3) is 3.90. The molecular formula is C19H29N3O2. The van der Waals surface area contributed by atoms with Gasteiger partial charge in [0.15, 0.2) is 0 Å². The lowest BCUT2D eigenvalue weighted by molar-refractivity contribution is 0.0935. The summed E-state index contributed by atoms with van der Waals surface area (Å²) >= 11 is 0. The zero-order valence-corrected chi connectivity index (χ0v) is 14.8. The highest BCUT2D eigenvalue weighted by atomic mass is 16.3. The SMILES string of the molecule is CC(C)N1CCN(c2ccc(C(=O)NCC3(CO)CC3)cc2)CC1. The van der Waals surface area contributed by atoms with E-state index in [-0.39, 0.29) is 17.9 Å². The highest BCUT2D eigenvalue weighted by molar-refractivity contribution is 5.94. The van der Waals surface area contributed by atoms with Crippen molar-refractivity contribution in [1.82, 2.24) is 10.2 Å². The molecular weight excluding hydrogens is 302 g/mol. The monoisotopic (exact) mass is 331 g/mol. The van der Waals surface area contributed by atoms with E-state index in [1.807, 2.05) is 24.3 Å². The normalized spacial score (nSPS) is 20.2. The van der Waals surface area contributed by atoms with Crippen molar-refractivity contribution in [3.8, 4) is 0 Å². The van der Waals surface area contributed by atoms with E-state index in [1.165, 1.54) is 5.69 Å². The Balaban J connectivity index is 1.53. The Bertz CT molecular complexity index is 558. The molecule has 1 heterocycles. The van der Waals surface area contributed by atoms with Gasteiger partial charge in [-0.3, -0.25) is 9.69 Å². The second-order valence-corrected chi connectivity index (χ2v) is 7.50. The Kier molecular flexibility index (Phi) is 5.11. The molecule has 1 amide bonds. The maximum absolute atomic E-state index is 12.2. The van der Waals surface area contributed by atoms with Crippen molar-refractivity contribution >= 4 is 11.6 Å². The molecule has 2 fully saturated rings. The van der Waals surface area contributed by atoms with Crippen LogP contribution >= 0.6 is 0 Å². The summed E-state index contributed by atoms with van der Waals surface area (Å²) < 4.78 is 0. The van der Waals surface area contributed by atoms with Crippen molar-refractivity contribution in [2.75, 3.05) is 44.2 Å². The van der Waals surface area contributed by atoms with Crippen LogP contribution in [0.3, 0.4) is 0 Å². The van der Waals surface area contributed by atoms with Crippen LogP contribution < -0.4 is 10.2 Å². The number of hydrogen-bond acceptors (Lipinski definition) is 4. The van der Waals surface area contributed by atoms with Gasteiger partial charge in [0.1, 0.15) is 0 Å².